The molecule has 8 heteroatoms. The molecule has 1 heterocycles. The predicted octanol–water partition coefficient (Wildman–Crippen LogP) is 3.96. The summed E-state index contributed by atoms with van der Waals surface area (Å²) in [6.07, 6.45) is 1.44. The zero-order valence-corrected chi connectivity index (χ0v) is 17.0. The molecule has 0 aliphatic heterocycles. The van der Waals surface area contributed by atoms with Crippen LogP contribution in [0.15, 0.2) is 71.9 Å². The van der Waals surface area contributed by atoms with E-state index >= 15 is 0 Å². The summed E-state index contributed by atoms with van der Waals surface area (Å²) in [6.45, 7) is 2.48. The van der Waals surface area contributed by atoms with Gasteiger partial charge >= 0.3 is 0 Å². The molecule has 2 amide bonds. The summed E-state index contributed by atoms with van der Waals surface area (Å²) in [6, 6.07) is 16.7. The van der Waals surface area contributed by atoms with Crippen molar-refractivity contribution < 1.29 is 9.59 Å². The van der Waals surface area contributed by atoms with Crippen molar-refractivity contribution >= 4 is 40.8 Å². The number of rotatable bonds is 6. The van der Waals surface area contributed by atoms with Crippen molar-refractivity contribution in [2.45, 2.75) is 6.92 Å². The maximum Gasteiger partial charge on any atom is 0.258 e. The number of pyridine rings is 1. The van der Waals surface area contributed by atoms with Gasteiger partial charge in [-0.1, -0.05) is 35.9 Å². The predicted molar refractivity (Wildman–Crippen MR) is 119 cm³/mol. The average molecular weight is 422 g/mol. The van der Waals surface area contributed by atoms with E-state index in [1.165, 1.54) is 6.20 Å². The smallest absolute Gasteiger partial charge is 0.258 e. The molecule has 0 spiro atoms. The van der Waals surface area contributed by atoms with Crippen LogP contribution >= 0.6 is 11.6 Å². The lowest BCUT2D eigenvalue weighted by Crippen LogP contribution is -2.19. The molecule has 0 aliphatic carbocycles. The van der Waals surface area contributed by atoms with Gasteiger partial charge in [0.05, 0.1) is 16.3 Å². The molecule has 3 aromatic rings. The Morgan fingerprint density at radius 3 is 2.33 bits per heavy atom. The molecule has 0 saturated carbocycles. The van der Waals surface area contributed by atoms with Crippen molar-refractivity contribution in [3.05, 3.63) is 88.6 Å². The first-order chi connectivity index (χ1) is 14.5. The van der Waals surface area contributed by atoms with Gasteiger partial charge in [-0.2, -0.15) is 0 Å². The van der Waals surface area contributed by atoms with E-state index < -0.39 is 5.91 Å². The van der Waals surface area contributed by atoms with Crippen LogP contribution < -0.4 is 16.4 Å². The zero-order chi connectivity index (χ0) is 21.5. The number of nitrogens with one attached hydrogen (secondary N) is 2. The average Bonchev–Trinajstić information content (AvgIpc) is 2.76. The Balaban J connectivity index is 1.75. The molecule has 152 valence electrons. The topological polar surface area (TPSA) is 109 Å². The van der Waals surface area contributed by atoms with Crippen molar-refractivity contribution in [3.8, 4) is 0 Å². The fraction of sp³-hybridized carbons (Fsp3) is 0.0909. The summed E-state index contributed by atoms with van der Waals surface area (Å²) in [4.78, 5) is 33.5. The van der Waals surface area contributed by atoms with Gasteiger partial charge in [-0.25, -0.2) is 4.98 Å². The number of para-hydroxylation sites is 1. The molecular weight excluding hydrogens is 402 g/mol. The summed E-state index contributed by atoms with van der Waals surface area (Å²) >= 11 is 5.81. The third-order valence-electron chi connectivity index (χ3n) is 4.16. The number of aromatic nitrogens is 1. The van der Waals surface area contributed by atoms with Gasteiger partial charge in [-0.05, 0) is 43.3 Å². The zero-order valence-electron chi connectivity index (χ0n) is 16.2. The molecule has 0 radical (unpaired) electrons. The van der Waals surface area contributed by atoms with Crippen LogP contribution in [-0.2, 0) is 0 Å². The Hall–Kier alpha value is -3.71. The van der Waals surface area contributed by atoms with E-state index in [2.05, 4.69) is 20.6 Å². The lowest BCUT2D eigenvalue weighted by atomic mass is 10.1. The lowest BCUT2D eigenvalue weighted by Gasteiger charge is -2.11. The van der Waals surface area contributed by atoms with Crippen LogP contribution in [0.2, 0.25) is 5.02 Å². The molecule has 30 heavy (non-hydrogen) atoms. The molecular formula is C22H20ClN5O2. The number of aliphatic imine (C=N–C) groups is 1. The van der Waals surface area contributed by atoms with Crippen LogP contribution in [0.5, 0.6) is 0 Å². The van der Waals surface area contributed by atoms with Gasteiger partial charge in [-0.15, -0.1) is 0 Å². The van der Waals surface area contributed by atoms with Gasteiger partial charge in [0.1, 0.15) is 11.7 Å². The number of hydrogen-bond donors (Lipinski definition) is 3. The van der Waals surface area contributed by atoms with Gasteiger partial charge in [0.2, 0.25) is 0 Å². The van der Waals surface area contributed by atoms with Crippen molar-refractivity contribution in [2.75, 3.05) is 17.2 Å². The number of benzene rings is 2. The maximum atomic E-state index is 12.7. The van der Waals surface area contributed by atoms with E-state index in [0.29, 0.717) is 40.0 Å². The molecule has 3 rings (SSSR count). The number of hydrogen-bond acceptors (Lipinski definition) is 4. The SMILES string of the molecule is CCN=C(N)c1ccc(C(=O)Nc2ccccc2C(=O)Nc2ccc(Cl)cn2)cc1. The van der Waals surface area contributed by atoms with Crippen molar-refractivity contribution in [2.24, 2.45) is 10.7 Å². The molecule has 0 aliphatic rings. The number of anilines is 2. The highest BCUT2D eigenvalue weighted by atomic mass is 35.5. The molecule has 0 fully saturated rings. The van der Waals surface area contributed by atoms with E-state index in [-0.39, 0.29) is 5.91 Å². The van der Waals surface area contributed by atoms with Gasteiger partial charge in [0.25, 0.3) is 11.8 Å². The molecule has 2 aromatic carbocycles. The third kappa shape index (κ3) is 5.21. The fourth-order valence-electron chi connectivity index (χ4n) is 2.67. The molecule has 7 nitrogen and oxygen atoms in total. The first kappa shape index (κ1) is 21.0. The van der Waals surface area contributed by atoms with Crippen molar-refractivity contribution in [1.82, 2.24) is 4.98 Å². The second-order valence-corrected chi connectivity index (χ2v) is 6.69. The van der Waals surface area contributed by atoms with Crippen LogP contribution in [0.1, 0.15) is 33.2 Å². The summed E-state index contributed by atoms with van der Waals surface area (Å²) < 4.78 is 0. The van der Waals surface area contributed by atoms with Gasteiger partial charge in [0.15, 0.2) is 0 Å². The largest absolute Gasteiger partial charge is 0.384 e. The van der Waals surface area contributed by atoms with Gasteiger partial charge in [-0.3, -0.25) is 14.6 Å². The van der Waals surface area contributed by atoms with Crippen LogP contribution in [-0.4, -0.2) is 29.2 Å². The Morgan fingerprint density at radius 2 is 1.67 bits per heavy atom. The number of nitrogens with zero attached hydrogens (tertiary/aromatic N) is 2. The van der Waals surface area contributed by atoms with Gasteiger partial charge in [0, 0.05) is 23.9 Å². The monoisotopic (exact) mass is 421 g/mol. The van der Waals surface area contributed by atoms with E-state index in [1.807, 2.05) is 6.92 Å². The fourth-order valence-corrected chi connectivity index (χ4v) is 2.78. The summed E-state index contributed by atoms with van der Waals surface area (Å²) in [5, 5.41) is 5.92. The van der Waals surface area contributed by atoms with E-state index in [1.54, 1.807) is 60.7 Å². The number of carbonyl (C=O) groups excluding carboxylic acids is 2. The molecule has 4 N–H and O–H groups in total. The van der Waals surface area contributed by atoms with Crippen LogP contribution in [0.25, 0.3) is 0 Å². The molecule has 0 unspecified atom stereocenters. The van der Waals surface area contributed by atoms with E-state index in [0.717, 1.165) is 5.56 Å². The van der Waals surface area contributed by atoms with Crippen LogP contribution in [0, 0.1) is 0 Å². The Bertz CT molecular complexity index is 1080. The van der Waals surface area contributed by atoms with Crippen molar-refractivity contribution in [1.29, 1.82) is 0 Å². The second kappa shape index (κ2) is 9.67. The number of nitrogens with two attached hydrogens (primary N) is 1. The normalized spacial score (nSPS) is 11.1. The molecule has 0 atom stereocenters. The highest BCUT2D eigenvalue weighted by molar-refractivity contribution is 6.30. The minimum absolute atomic E-state index is 0.304. The number of halogens is 1. The quantitative estimate of drug-likeness (QED) is 0.413. The highest BCUT2D eigenvalue weighted by Gasteiger charge is 2.15. The molecule has 0 bridgehead atoms. The second-order valence-electron chi connectivity index (χ2n) is 6.25. The lowest BCUT2D eigenvalue weighted by molar-refractivity contribution is 0.102. The van der Waals surface area contributed by atoms with Crippen LogP contribution in [0.3, 0.4) is 0 Å². The first-order valence-electron chi connectivity index (χ1n) is 9.21. The first-order valence-corrected chi connectivity index (χ1v) is 9.59. The van der Waals surface area contributed by atoms with E-state index in [9.17, 15) is 9.59 Å². The summed E-state index contributed by atoms with van der Waals surface area (Å²) in [5.41, 5.74) is 7.72. The van der Waals surface area contributed by atoms with E-state index in [4.69, 9.17) is 17.3 Å². The Labute approximate surface area is 179 Å². The van der Waals surface area contributed by atoms with Crippen molar-refractivity contribution in [3.63, 3.8) is 0 Å². The third-order valence-corrected chi connectivity index (χ3v) is 4.38. The number of amides is 2. The number of carbonyl (C=O) groups is 2. The number of amidine groups is 1. The molecule has 1 aromatic heterocycles. The molecule has 0 saturated heterocycles. The minimum atomic E-state index is -0.403. The summed E-state index contributed by atoms with van der Waals surface area (Å²) in [7, 11) is 0. The highest BCUT2D eigenvalue weighted by Crippen LogP contribution is 2.19. The summed E-state index contributed by atoms with van der Waals surface area (Å²) in [5.74, 6) is 0.0202. The maximum absolute atomic E-state index is 12.7. The Morgan fingerprint density at radius 1 is 0.967 bits per heavy atom. The standard InChI is InChI=1S/C22H20ClN5O2/c1-2-25-20(24)14-7-9-15(10-8-14)21(29)27-18-6-4-3-5-17(18)22(30)28-19-12-11-16(23)13-26-19/h3-13H,2H2,1H3,(H2,24,25)(H,27,29)(H,26,28,30). The van der Waals surface area contributed by atoms with Crippen LogP contribution in [0.4, 0.5) is 11.5 Å². The van der Waals surface area contributed by atoms with Gasteiger partial charge < -0.3 is 16.4 Å². The Kier molecular flexibility index (Phi) is 6.77. The minimum Gasteiger partial charge on any atom is -0.384 e.